The minimum absolute atomic E-state index is 0.877. The van der Waals surface area contributed by atoms with E-state index in [1.54, 1.807) is 38.5 Å². The van der Waals surface area contributed by atoms with Crippen LogP contribution >= 0.6 is 0 Å². The lowest BCUT2D eigenvalue weighted by Crippen LogP contribution is -2.35. The molecule has 0 bridgehead atoms. The predicted octanol–water partition coefficient (Wildman–Crippen LogP) is 12.8. The first-order valence-electron chi connectivity index (χ1n) is 18.5. The molecule has 0 spiro atoms. The molecule has 0 aromatic rings. The molecule has 0 aliphatic heterocycles. The highest BCUT2D eigenvalue weighted by Crippen LogP contribution is 2.47. The Kier molecular flexibility index (Phi) is 25.7. The molecule has 0 aromatic carbocycles. The highest BCUT2D eigenvalue weighted by Gasteiger charge is 2.37. The quantitative estimate of drug-likeness (QED) is 0.0994. The molecule has 1 rings (SSSR count). The van der Waals surface area contributed by atoms with E-state index in [1.807, 2.05) is 0 Å². The summed E-state index contributed by atoms with van der Waals surface area (Å²) in [6.45, 7) is 7.92. The minimum Gasteiger partial charge on any atom is -0.330 e. The Hall–Kier alpha value is -0.0400. The lowest BCUT2D eigenvalue weighted by atomic mass is 9.61. The van der Waals surface area contributed by atoms with Crippen LogP contribution in [0.5, 0.6) is 0 Å². The van der Waals surface area contributed by atoms with Crippen molar-refractivity contribution in [2.24, 2.45) is 29.4 Å². The van der Waals surface area contributed by atoms with Gasteiger partial charge >= 0.3 is 0 Å². The summed E-state index contributed by atoms with van der Waals surface area (Å²) < 4.78 is 0. The van der Waals surface area contributed by atoms with Crippen LogP contribution in [0.2, 0.25) is 0 Å². The van der Waals surface area contributed by atoms with Crippen molar-refractivity contribution in [1.29, 1.82) is 0 Å². The fraction of sp³-hybridized carbons (Fsp3) is 1.00. The van der Waals surface area contributed by atoms with E-state index in [0.29, 0.717) is 0 Å². The molecule has 1 nitrogen and oxygen atoms in total. The fourth-order valence-corrected chi connectivity index (χ4v) is 7.76. The van der Waals surface area contributed by atoms with Crippen molar-refractivity contribution in [3.63, 3.8) is 0 Å². The van der Waals surface area contributed by atoms with Crippen molar-refractivity contribution >= 4 is 0 Å². The number of hydrogen-bond donors (Lipinski definition) is 1. The average molecular weight is 534 g/mol. The van der Waals surface area contributed by atoms with Crippen LogP contribution < -0.4 is 5.73 Å². The van der Waals surface area contributed by atoms with E-state index in [2.05, 4.69) is 20.8 Å². The van der Waals surface area contributed by atoms with Crippen LogP contribution in [0.15, 0.2) is 0 Å². The van der Waals surface area contributed by atoms with Gasteiger partial charge < -0.3 is 5.73 Å². The molecule has 1 aliphatic carbocycles. The van der Waals surface area contributed by atoms with Gasteiger partial charge in [-0.05, 0) is 62.3 Å². The second-order valence-corrected chi connectivity index (χ2v) is 13.4. The molecule has 0 aromatic heterocycles. The molecule has 38 heavy (non-hydrogen) atoms. The van der Waals surface area contributed by atoms with E-state index in [4.69, 9.17) is 5.73 Å². The predicted molar refractivity (Wildman–Crippen MR) is 174 cm³/mol. The molecule has 0 heterocycles. The number of hydrogen-bond acceptors (Lipinski definition) is 1. The van der Waals surface area contributed by atoms with Crippen molar-refractivity contribution in [3.05, 3.63) is 0 Å². The molecular formula is C37H75N. The second kappa shape index (κ2) is 27.1. The van der Waals surface area contributed by atoms with Gasteiger partial charge in [-0.15, -0.1) is 0 Å². The normalized spacial score (nSPS) is 21.8. The molecule has 1 heteroatoms. The molecule has 0 saturated heterocycles. The third-order valence-corrected chi connectivity index (χ3v) is 10.2. The van der Waals surface area contributed by atoms with Gasteiger partial charge in [0.05, 0.1) is 0 Å². The van der Waals surface area contributed by atoms with Gasteiger partial charge in [-0.3, -0.25) is 0 Å². The minimum atomic E-state index is 0.877. The van der Waals surface area contributed by atoms with Crippen LogP contribution in [0.25, 0.3) is 0 Å². The Labute approximate surface area is 242 Å². The number of unbranched alkanes of at least 4 members (excludes halogenated alkanes) is 19. The van der Waals surface area contributed by atoms with Gasteiger partial charge in [-0.1, -0.05) is 175 Å². The van der Waals surface area contributed by atoms with Gasteiger partial charge in [0.2, 0.25) is 0 Å². The Morgan fingerprint density at radius 2 is 0.658 bits per heavy atom. The molecule has 0 radical (unpaired) electrons. The van der Waals surface area contributed by atoms with Gasteiger partial charge in [0.15, 0.2) is 0 Å². The van der Waals surface area contributed by atoms with Gasteiger partial charge in [0.25, 0.3) is 0 Å². The van der Waals surface area contributed by atoms with Crippen LogP contribution in [0.1, 0.15) is 207 Å². The lowest BCUT2D eigenvalue weighted by molar-refractivity contribution is 0.0581. The fourth-order valence-electron chi connectivity index (χ4n) is 7.76. The van der Waals surface area contributed by atoms with E-state index in [-0.39, 0.29) is 0 Å². The first kappa shape index (κ1) is 36.0. The summed E-state index contributed by atoms with van der Waals surface area (Å²) in [5, 5.41) is 0. The van der Waals surface area contributed by atoms with Crippen LogP contribution in [0, 0.1) is 23.7 Å². The number of nitrogens with two attached hydrogens (primary N) is 1. The maximum absolute atomic E-state index is 5.72. The summed E-state index contributed by atoms with van der Waals surface area (Å²) in [6, 6.07) is 0. The maximum Gasteiger partial charge on any atom is -0.00773 e. The zero-order valence-electron chi connectivity index (χ0n) is 27.1. The standard InChI is InChI=1S/C37H75N/c1-4-7-10-13-15-18-23-28-35-32-31-34(27-22-12-9-6-3)36(29-24-19-14-11-8-5-2)37(35)30-25-20-16-17-21-26-33-38/h34-37H,4-33,38H2,1-3H3. The average Bonchev–Trinajstić information content (AvgIpc) is 2.93. The Morgan fingerprint density at radius 3 is 1.03 bits per heavy atom. The molecular weight excluding hydrogens is 458 g/mol. The monoisotopic (exact) mass is 534 g/mol. The van der Waals surface area contributed by atoms with Gasteiger partial charge in [0.1, 0.15) is 0 Å². The zero-order chi connectivity index (χ0) is 27.5. The van der Waals surface area contributed by atoms with E-state index in [1.165, 1.54) is 148 Å². The molecule has 4 atom stereocenters. The van der Waals surface area contributed by atoms with Crippen molar-refractivity contribution in [2.45, 2.75) is 207 Å². The van der Waals surface area contributed by atoms with E-state index < -0.39 is 0 Å². The lowest BCUT2D eigenvalue weighted by Gasteiger charge is -2.44. The van der Waals surface area contributed by atoms with Crippen LogP contribution in [-0.4, -0.2) is 6.54 Å². The Morgan fingerprint density at radius 1 is 0.368 bits per heavy atom. The van der Waals surface area contributed by atoms with Gasteiger partial charge in [-0.2, -0.15) is 0 Å². The summed E-state index contributed by atoms with van der Waals surface area (Å²) in [4.78, 5) is 0. The topological polar surface area (TPSA) is 26.0 Å². The second-order valence-electron chi connectivity index (χ2n) is 13.4. The molecule has 1 fully saturated rings. The summed E-state index contributed by atoms with van der Waals surface area (Å²) in [7, 11) is 0. The first-order valence-corrected chi connectivity index (χ1v) is 18.5. The summed E-state index contributed by atoms with van der Waals surface area (Å²) >= 11 is 0. The molecule has 1 saturated carbocycles. The first-order chi connectivity index (χ1) is 18.8. The van der Waals surface area contributed by atoms with Crippen molar-refractivity contribution < 1.29 is 0 Å². The van der Waals surface area contributed by atoms with Crippen molar-refractivity contribution in [1.82, 2.24) is 0 Å². The molecule has 228 valence electrons. The van der Waals surface area contributed by atoms with Gasteiger partial charge in [0, 0.05) is 0 Å². The van der Waals surface area contributed by atoms with Crippen molar-refractivity contribution in [2.75, 3.05) is 6.54 Å². The maximum atomic E-state index is 5.72. The summed E-state index contributed by atoms with van der Waals surface area (Å²) in [5.74, 6) is 4.17. The SMILES string of the molecule is CCCCCCCCCC1CCC(CCCCCC)C(CCCCCCCC)C1CCCCCCCCN. The van der Waals surface area contributed by atoms with Crippen molar-refractivity contribution in [3.8, 4) is 0 Å². The van der Waals surface area contributed by atoms with Gasteiger partial charge in [-0.25, -0.2) is 0 Å². The Bertz CT molecular complexity index is 458. The third kappa shape index (κ3) is 18.3. The number of rotatable bonds is 28. The van der Waals surface area contributed by atoms with Crippen LogP contribution in [-0.2, 0) is 0 Å². The Balaban J connectivity index is 2.70. The zero-order valence-corrected chi connectivity index (χ0v) is 27.1. The highest BCUT2D eigenvalue weighted by molar-refractivity contribution is 4.88. The highest BCUT2D eigenvalue weighted by atomic mass is 14.5. The molecule has 0 amide bonds. The molecule has 2 N–H and O–H groups in total. The third-order valence-electron chi connectivity index (χ3n) is 10.2. The summed E-state index contributed by atoms with van der Waals surface area (Å²) in [5.41, 5.74) is 5.72. The molecule has 4 unspecified atom stereocenters. The van der Waals surface area contributed by atoms with E-state index >= 15 is 0 Å². The van der Waals surface area contributed by atoms with E-state index in [0.717, 1.165) is 30.2 Å². The smallest absolute Gasteiger partial charge is 0.00773 e. The van der Waals surface area contributed by atoms with Crippen LogP contribution in [0.3, 0.4) is 0 Å². The largest absolute Gasteiger partial charge is 0.330 e. The van der Waals surface area contributed by atoms with Crippen LogP contribution in [0.4, 0.5) is 0 Å². The summed E-state index contributed by atoms with van der Waals surface area (Å²) in [6.07, 6.45) is 42.5. The molecule has 1 aliphatic rings. The van der Waals surface area contributed by atoms with E-state index in [9.17, 15) is 0 Å².